The SMILES string of the molecule is CCCOc1ccc(-c2csc(NC(=O)C[C@H](NC(C)=O)c3ccccc3)n2)cc1. The smallest absolute Gasteiger partial charge is 0.228 e. The van der Waals surface area contributed by atoms with Crippen LogP contribution in [0.5, 0.6) is 5.75 Å². The van der Waals surface area contributed by atoms with Crippen molar-refractivity contribution in [3.63, 3.8) is 0 Å². The lowest BCUT2D eigenvalue weighted by Gasteiger charge is -2.17. The molecular weight excluding hydrogens is 398 g/mol. The molecule has 0 spiro atoms. The van der Waals surface area contributed by atoms with E-state index >= 15 is 0 Å². The zero-order valence-electron chi connectivity index (χ0n) is 17.1. The lowest BCUT2D eigenvalue weighted by Crippen LogP contribution is -2.29. The number of thiazole rings is 1. The third kappa shape index (κ3) is 6.15. The van der Waals surface area contributed by atoms with Gasteiger partial charge >= 0.3 is 0 Å². The highest BCUT2D eigenvalue weighted by atomic mass is 32.1. The van der Waals surface area contributed by atoms with Gasteiger partial charge in [0, 0.05) is 17.9 Å². The summed E-state index contributed by atoms with van der Waals surface area (Å²) in [7, 11) is 0. The molecular formula is C23H25N3O3S. The maximum Gasteiger partial charge on any atom is 0.228 e. The Bertz CT molecular complexity index is 971. The summed E-state index contributed by atoms with van der Waals surface area (Å²) < 4.78 is 5.60. The zero-order valence-corrected chi connectivity index (χ0v) is 17.9. The minimum Gasteiger partial charge on any atom is -0.494 e. The van der Waals surface area contributed by atoms with E-state index in [1.54, 1.807) is 0 Å². The van der Waals surface area contributed by atoms with Crippen molar-refractivity contribution >= 4 is 28.3 Å². The zero-order chi connectivity index (χ0) is 21.3. The van der Waals surface area contributed by atoms with Crippen LogP contribution >= 0.6 is 11.3 Å². The van der Waals surface area contributed by atoms with Crippen molar-refractivity contribution in [1.82, 2.24) is 10.3 Å². The molecule has 0 radical (unpaired) electrons. The summed E-state index contributed by atoms with van der Waals surface area (Å²) in [6, 6.07) is 16.8. The number of hydrogen-bond donors (Lipinski definition) is 2. The molecule has 2 aromatic carbocycles. The first-order valence-electron chi connectivity index (χ1n) is 9.86. The molecule has 1 atom stereocenters. The van der Waals surface area contributed by atoms with Gasteiger partial charge in [-0.3, -0.25) is 9.59 Å². The second-order valence-corrected chi connectivity index (χ2v) is 7.68. The van der Waals surface area contributed by atoms with Crippen molar-refractivity contribution in [3.05, 3.63) is 65.5 Å². The first-order chi connectivity index (χ1) is 14.5. The van der Waals surface area contributed by atoms with Gasteiger partial charge in [0.25, 0.3) is 0 Å². The molecule has 0 saturated heterocycles. The summed E-state index contributed by atoms with van der Waals surface area (Å²) in [6.45, 7) is 4.20. The molecule has 7 heteroatoms. The molecule has 0 fully saturated rings. The topological polar surface area (TPSA) is 80.3 Å². The number of rotatable bonds is 9. The lowest BCUT2D eigenvalue weighted by atomic mass is 10.0. The molecule has 0 aliphatic rings. The van der Waals surface area contributed by atoms with Gasteiger partial charge < -0.3 is 15.4 Å². The van der Waals surface area contributed by atoms with Crippen LogP contribution in [0, 0.1) is 0 Å². The van der Waals surface area contributed by atoms with E-state index in [1.165, 1.54) is 18.3 Å². The fourth-order valence-electron chi connectivity index (χ4n) is 2.94. The Balaban J connectivity index is 1.63. The first kappa shape index (κ1) is 21.5. The average molecular weight is 424 g/mol. The Hall–Kier alpha value is -3.19. The number of ether oxygens (including phenoxy) is 1. The largest absolute Gasteiger partial charge is 0.494 e. The Morgan fingerprint density at radius 2 is 1.83 bits per heavy atom. The predicted molar refractivity (Wildman–Crippen MR) is 120 cm³/mol. The van der Waals surface area contributed by atoms with Gasteiger partial charge in [0.1, 0.15) is 5.75 Å². The summed E-state index contributed by atoms with van der Waals surface area (Å²) in [5.41, 5.74) is 2.63. The van der Waals surface area contributed by atoms with E-state index in [0.717, 1.165) is 29.0 Å². The molecule has 6 nitrogen and oxygen atoms in total. The standard InChI is InChI=1S/C23H25N3O3S/c1-3-13-29-19-11-9-18(10-12-19)21-15-30-23(25-21)26-22(28)14-20(24-16(2)27)17-7-5-4-6-8-17/h4-12,15,20H,3,13-14H2,1-2H3,(H,24,27)(H,25,26,28)/t20-/m0/s1. The Kier molecular flexibility index (Phi) is 7.57. The van der Waals surface area contributed by atoms with Gasteiger partial charge in [0.05, 0.1) is 24.8 Å². The van der Waals surface area contributed by atoms with Gasteiger partial charge in [0.15, 0.2) is 5.13 Å². The van der Waals surface area contributed by atoms with Crippen LogP contribution < -0.4 is 15.4 Å². The van der Waals surface area contributed by atoms with Gasteiger partial charge in [-0.15, -0.1) is 11.3 Å². The molecule has 0 aliphatic carbocycles. The number of aromatic nitrogens is 1. The van der Waals surface area contributed by atoms with Crippen molar-refractivity contribution in [3.8, 4) is 17.0 Å². The molecule has 30 heavy (non-hydrogen) atoms. The second-order valence-electron chi connectivity index (χ2n) is 6.83. The van der Waals surface area contributed by atoms with E-state index in [0.29, 0.717) is 11.7 Å². The van der Waals surface area contributed by atoms with E-state index < -0.39 is 6.04 Å². The second kappa shape index (κ2) is 10.5. The van der Waals surface area contributed by atoms with Gasteiger partial charge in [-0.25, -0.2) is 4.98 Å². The Morgan fingerprint density at radius 3 is 2.50 bits per heavy atom. The van der Waals surface area contributed by atoms with Gasteiger partial charge in [-0.1, -0.05) is 37.3 Å². The van der Waals surface area contributed by atoms with Crippen LogP contribution in [-0.2, 0) is 9.59 Å². The van der Waals surface area contributed by atoms with Crippen molar-refractivity contribution in [1.29, 1.82) is 0 Å². The molecule has 0 saturated carbocycles. The normalized spacial score (nSPS) is 11.5. The lowest BCUT2D eigenvalue weighted by molar-refractivity contribution is -0.120. The van der Waals surface area contributed by atoms with E-state index in [9.17, 15) is 9.59 Å². The molecule has 0 unspecified atom stereocenters. The minimum absolute atomic E-state index is 0.127. The molecule has 2 amide bonds. The number of nitrogens with zero attached hydrogens (tertiary/aromatic N) is 1. The molecule has 3 rings (SSSR count). The number of carbonyl (C=O) groups is 2. The average Bonchev–Trinajstić information content (AvgIpc) is 3.20. The third-order valence-electron chi connectivity index (χ3n) is 4.34. The summed E-state index contributed by atoms with van der Waals surface area (Å²) >= 11 is 1.37. The molecule has 2 N–H and O–H groups in total. The Labute approximate surface area is 180 Å². The minimum atomic E-state index is -0.390. The van der Waals surface area contributed by atoms with Gasteiger partial charge in [-0.05, 0) is 36.2 Å². The molecule has 3 aromatic rings. The highest BCUT2D eigenvalue weighted by molar-refractivity contribution is 7.14. The fraction of sp³-hybridized carbons (Fsp3) is 0.261. The molecule has 0 bridgehead atoms. The summed E-state index contributed by atoms with van der Waals surface area (Å²) in [6.07, 6.45) is 1.09. The van der Waals surface area contributed by atoms with Crippen LogP contribution in [-0.4, -0.2) is 23.4 Å². The number of anilines is 1. The molecule has 1 aromatic heterocycles. The van der Waals surface area contributed by atoms with Crippen LogP contribution in [0.1, 0.15) is 38.3 Å². The fourth-order valence-corrected chi connectivity index (χ4v) is 3.68. The van der Waals surface area contributed by atoms with Gasteiger partial charge in [-0.2, -0.15) is 0 Å². The molecule has 156 valence electrons. The quantitative estimate of drug-likeness (QED) is 0.518. The van der Waals surface area contributed by atoms with Crippen LogP contribution in [0.15, 0.2) is 60.0 Å². The summed E-state index contributed by atoms with van der Waals surface area (Å²) in [5.74, 6) is 0.440. The third-order valence-corrected chi connectivity index (χ3v) is 5.10. The van der Waals surface area contributed by atoms with Crippen molar-refractivity contribution in [2.45, 2.75) is 32.7 Å². The first-order valence-corrected chi connectivity index (χ1v) is 10.7. The number of benzene rings is 2. The van der Waals surface area contributed by atoms with Crippen LogP contribution in [0.3, 0.4) is 0 Å². The van der Waals surface area contributed by atoms with Crippen LogP contribution in [0.4, 0.5) is 5.13 Å². The van der Waals surface area contributed by atoms with E-state index in [4.69, 9.17) is 4.74 Å². The summed E-state index contributed by atoms with van der Waals surface area (Å²) in [4.78, 5) is 28.6. The Morgan fingerprint density at radius 1 is 1.10 bits per heavy atom. The van der Waals surface area contributed by atoms with E-state index in [2.05, 4.69) is 22.5 Å². The molecule has 1 heterocycles. The maximum atomic E-state index is 12.6. The van der Waals surface area contributed by atoms with E-state index in [-0.39, 0.29) is 18.2 Å². The van der Waals surface area contributed by atoms with E-state index in [1.807, 2.05) is 60.0 Å². The maximum absolute atomic E-state index is 12.6. The van der Waals surface area contributed by atoms with Crippen molar-refractivity contribution < 1.29 is 14.3 Å². The van der Waals surface area contributed by atoms with Crippen LogP contribution in [0.25, 0.3) is 11.3 Å². The van der Waals surface area contributed by atoms with Crippen LogP contribution in [0.2, 0.25) is 0 Å². The van der Waals surface area contributed by atoms with Gasteiger partial charge in [0.2, 0.25) is 11.8 Å². The predicted octanol–water partition coefficient (Wildman–Crippen LogP) is 4.80. The number of carbonyl (C=O) groups excluding carboxylic acids is 2. The highest BCUT2D eigenvalue weighted by Crippen LogP contribution is 2.27. The van der Waals surface area contributed by atoms with Crippen molar-refractivity contribution in [2.75, 3.05) is 11.9 Å². The summed E-state index contributed by atoms with van der Waals surface area (Å²) in [5, 5.41) is 8.10. The number of amides is 2. The van der Waals surface area contributed by atoms with Crippen molar-refractivity contribution in [2.24, 2.45) is 0 Å². The highest BCUT2D eigenvalue weighted by Gasteiger charge is 2.18. The molecule has 0 aliphatic heterocycles. The number of hydrogen-bond acceptors (Lipinski definition) is 5. The number of nitrogens with one attached hydrogen (secondary N) is 2. The monoisotopic (exact) mass is 423 g/mol.